The van der Waals surface area contributed by atoms with Crippen LogP contribution in [0.1, 0.15) is 49.9 Å². The van der Waals surface area contributed by atoms with E-state index in [2.05, 4.69) is 15.6 Å². The van der Waals surface area contributed by atoms with Gasteiger partial charge in [0.25, 0.3) is 5.91 Å². The summed E-state index contributed by atoms with van der Waals surface area (Å²) in [5.41, 5.74) is -0.575. The second-order valence-electron chi connectivity index (χ2n) is 6.51. The van der Waals surface area contributed by atoms with Gasteiger partial charge in [0.2, 0.25) is 0 Å². The Bertz CT molecular complexity index is 557. The number of rotatable bonds is 6. The van der Waals surface area contributed by atoms with E-state index in [1.165, 1.54) is 20.0 Å². The molecule has 1 heterocycles. The average molecular weight is 344 g/mol. The molecule has 1 atom stereocenters. The van der Waals surface area contributed by atoms with Crippen LogP contribution >= 0.6 is 11.6 Å². The predicted molar refractivity (Wildman–Crippen MR) is 88.7 cm³/mol. The number of carbonyl (C=O) groups is 1. The van der Waals surface area contributed by atoms with Gasteiger partial charge in [0.15, 0.2) is 0 Å². The zero-order valence-corrected chi connectivity index (χ0v) is 14.2. The second kappa shape index (κ2) is 7.45. The summed E-state index contributed by atoms with van der Waals surface area (Å²) < 4.78 is 13.8. The van der Waals surface area contributed by atoms with E-state index in [-0.39, 0.29) is 6.54 Å². The Balaban J connectivity index is 2.06. The Morgan fingerprint density at radius 3 is 2.78 bits per heavy atom. The standard InChI is InChI=1S/C16H23ClFN3O2/c1-16(2,23)13(18)9-20-15(22)11-8-19-14(17)7-12(11)21-10-5-3-4-6-10/h7-8,10,13,23H,3-6,9H2,1-2H3,(H,19,21)(H,20,22). The van der Waals surface area contributed by atoms with Crippen molar-refractivity contribution in [3.8, 4) is 0 Å². The zero-order valence-electron chi connectivity index (χ0n) is 13.4. The number of halogens is 2. The Kier molecular flexibility index (Phi) is 5.81. The van der Waals surface area contributed by atoms with Gasteiger partial charge in [-0.25, -0.2) is 9.37 Å². The quantitative estimate of drug-likeness (QED) is 0.694. The summed E-state index contributed by atoms with van der Waals surface area (Å²) in [6.45, 7) is 2.45. The number of nitrogens with one attached hydrogen (secondary N) is 2. The van der Waals surface area contributed by atoms with Crippen LogP contribution in [0, 0.1) is 0 Å². The summed E-state index contributed by atoms with van der Waals surface area (Å²) in [4.78, 5) is 16.2. The van der Waals surface area contributed by atoms with E-state index in [0.717, 1.165) is 25.7 Å². The fourth-order valence-electron chi connectivity index (χ4n) is 2.55. The highest BCUT2D eigenvalue weighted by Crippen LogP contribution is 2.26. The molecule has 1 fully saturated rings. The highest BCUT2D eigenvalue weighted by molar-refractivity contribution is 6.29. The van der Waals surface area contributed by atoms with Crippen molar-refractivity contribution < 1.29 is 14.3 Å². The Hall–Kier alpha value is -1.40. The van der Waals surface area contributed by atoms with Crippen molar-refractivity contribution >= 4 is 23.2 Å². The molecule has 7 heteroatoms. The third-order valence-corrected chi connectivity index (χ3v) is 4.25. The van der Waals surface area contributed by atoms with Gasteiger partial charge in [-0.2, -0.15) is 0 Å². The maximum Gasteiger partial charge on any atom is 0.255 e. The lowest BCUT2D eigenvalue weighted by molar-refractivity contribution is -0.00177. The zero-order chi connectivity index (χ0) is 17.0. The molecule has 2 rings (SSSR count). The summed E-state index contributed by atoms with van der Waals surface area (Å²) in [6.07, 6.45) is 4.24. The van der Waals surface area contributed by atoms with E-state index < -0.39 is 17.7 Å². The van der Waals surface area contributed by atoms with E-state index in [0.29, 0.717) is 22.4 Å². The molecule has 3 N–H and O–H groups in total. The van der Waals surface area contributed by atoms with Crippen molar-refractivity contribution in [3.63, 3.8) is 0 Å². The highest BCUT2D eigenvalue weighted by atomic mass is 35.5. The predicted octanol–water partition coefficient (Wildman–Crippen LogP) is 2.93. The van der Waals surface area contributed by atoms with Crippen molar-refractivity contribution in [2.45, 2.75) is 57.3 Å². The van der Waals surface area contributed by atoms with Crippen LogP contribution in [0.3, 0.4) is 0 Å². The maximum atomic E-state index is 13.8. The molecule has 1 aliphatic carbocycles. The number of alkyl halides is 1. The molecule has 0 aliphatic heterocycles. The summed E-state index contributed by atoms with van der Waals surface area (Å²) >= 11 is 5.92. The van der Waals surface area contributed by atoms with Crippen LogP contribution in [0.15, 0.2) is 12.3 Å². The topological polar surface area (TPSA) is 74.2 Å². The van der Waals surface area contributed by atoms with Gasteiger partial charge < -0.3 is 15.7 Å². The molecule has 0 aromatic carbocycles. The lowest BCUT2D eigenvalue weighted by Crippen LogP contribution is -2.42. The van der Waals surface area contributed by atoms with Crippen molar-refractivity contribution in [1.29, 1.82) is 0 Å². The van der Waals surface area contributed by atoms with E-state index in [9.17, 15) is 14.3 Å². The Morgan fingerprint density at radius 1 is 1.52 bits per heavy atom. The Labute approximate surface area is 140 Å². The van der Waals surface area contributed by atoms with Gasteiger partial charge in [-0.15, -0.1) is 0 Å². The first-order valence-electron chi connectivity index (χ1n) is 7.84. The third kappa shape index (κ3) is 5.04. The van der Waals surface area contributed by atoms with E-state index in [4.69, 9.17) is 11.6 Å². The molecule has 1 aromatic rings. The molecule has 5 nitrogen and oxygen atoms in total. The first-order valence-corrected chi connectivity index (χ1v) is 8.22. The summed E-state index contributed by atoms with van der Waals surface area (Å²) in [5.74, 6) is -0.443. The largest absolute Gasteiger partial charge is 0.387 e. The molecule has 1 unspecified atom stereocenters. The van der Waals surface area contributed by atoms with Crippen molar-refractivity contribution in [1.82, 2.24) is 10.3 Å². The van der Waals surface area contributed by atoms with Crippen LogP contribution in [0.5, 0.6) is 0 Å². The highest BCUT2D eigenvalue weighted by Gasteiger charge is 2.27. The summed E-state index contributed by atoms with van der Waals surface area (Å²) in [6, 6.07) is 1.92. The molecule has 0 saturated heterocycles. The summed E-state index contributed by atoms with van der Waals surface area (Å²) in [5, 5.41) is 15.7. The molecule has 0 radical (unpaired) electrons. The maximum absolute atomic E-state index is 13.8. The molecule has 1 aliphatic rings. The minimum absolute atomic E-state index is 0.270. The number of aliphatic hydroxyl groups is 1. The number of aromatic nitrogens is 1. The van der Waals surface area contributed by atoms with Crippen LogP contribution in [-0.2, 0) is 0 Å². The molecule has 23 heavy (non-hydrogen) atoms. The number of hydrogen-bond acceptors (Lipinski definition) is 4. The molecule has 0 spiro atoms. The third-order valence-electron chi connectivity index (χ3n) is 4.04. The van der Waals surface area contributed by atoms with Crippen LogP contribution in [0.4, 0.5) is 10.1 Å². The fourth-order valence-corrected chi connectivity index (χ4v) is 2.71. The lowest BCUT2D eigenvalue weighted by Gasteiger charge is -2.23. The molecule has 1 aromatic heterocycles. The van der Waals surface area contributed by atoms with Crippen molar-refractivity contribution in [2.75, 3.05) is 11.9 Å². The normalized spacial score (nSPS) is 17.1. The van der Waals surface area contributed by atoms with Gasteiger partial charge >= 0.3 is 0 Å². The number of amides is 1. The van der Waals surface area contributed by atoms with Gasteiger partial charge in [-0.1, -0.05) is 24.4 Å². The van der Waals surface area contributed by atoms with Crippen LogP contribution in [0.2, 0.25) is 5.15 Å². The first kappa shape index (κ1) is 17.9. The number of carbonyl (C=O) groups excluding carboxylic acids is 1. The van der Waals surface area contributed by atoms with E-state index in [1.807, 2.05) is 0 Å². The lowest BCUT2D eigenvalue weighted by atomic mass is 10.0. The van der Waals surface area contributed by atoms with Crippen molar-refractivity contribution in [3.05, 3.63) is 23.0 Å². The van der Waals surface area contributed by atoms with Crippen LogP contribution < -0.4 is 10.6 Å². The van der Waals surface area contributed by atoms with E-state index >= 15 is 0 Å². The van der Waals surface area contributed by atoms with Gasteiger partial charge in [0.05, 0.1) is 23.4 Å². The monoisotopic (exact) mass is 343 g/mol. The smallest absolute Gasteiger partial charge is 0.255 e. The van der Waals surface area contributed by atoms with Crippen LogP contribution in [0.25, 0.3) is 0 Å². The average Bonchev–Trinajstić information content (AvgIpc) is 2.96. The minimum atomic E-state index is -1.56. The molecule has 0 bridgehead atoms. The van der Waals surface area contributed by atoms with Crippen LogP contribution in [-0.4, -0.2) is 40.4 Å². The second-order valence-corrected chi connectivity index (χ2v) is 6.90. The minimum Gasteiger partial charge on any atom is -0.387 e. The molecule has 128 valence electrons. The van der Waals surface area contributed by atoms with E-state index in [1.54, 1.807) is 6.07 Å². The molecular weight excluding hydrogens is 321 g/mol. The first-order chi connectivity index (χ1) is 10.8. The fraction of sp³-hybridized carbons (Fsp3) is 0.625. The SMILES string of the molecule is CC(C)(O)C(F)CNC(=O)c1cnc(Cl)cc1NC1CCCC1. The molecular formula is C16H23ClFN3O2. The number of pyridine rings is 1. The van der Waals surface area contributed by atoms with Gasteiger partial charge in [0, 0.05) is 12.2 Å². The Morgan fingerprint density at radius 2 is 2.17 bits per heavy atom. The number of anilines is 1. The van der Waals surface area contributed by atoms with Gasteiger partial charge in [-0.3, -0.25) is 4.79 Å². The molecule has 1 amide bonds. The summed E-state index contributed by atoms with van der Waals surface area (Å²) in [7, 11) is 0. The van der Waals surface area contributed by atoms with Gasteiger partial charge in [-0.05, 0) is 32.8 Å². The number of hydrogen-bond donors (Lipinski definition) is 3. The number of nitrogens with zero attached hydrogens (tertiary/aromatic N) is 1. The van der Waals surface area contributed by atoms with Crippen molar-refractivity contribution in [2.24, 2.45) is 0 Å². The molecule has 1 saturated carbocycles. The van der Waals surface area contributed by atoms with Gasteiger partial charge in [0.1, 0.15) is 11.3 Å².